The van der Waals surface area contributed by atoms with Crippen molar-refractivity contribution in [2.75, 3.05) is 18.8 Å². The number of amides is 1. The fourth-order valence-corrected chi connectivity index (χ4v) is 4.68. The molecule has 4 rings (SSSR count). The average molecular weight is 334 g/mol. The molecule has 0 bridgehead atoms. The number of likely N-dealkylation sites (tertiary alicyclic amines) is 1. The van der Waals surface area contributed by atoms with Gasteiger partial charge < -0.3 is 9.47 Å². The normalized spacial score (nSPS) is 28.2. The largest absolute Gasteiger partial charge is 0.341 e. The molecule has 1 aromatic heterocycles. The van der Waals surface area contributed by atoms with E-state index in [1.54, 1.807) is 11.8 Å². The van der Waals surface area contributed by atoms with Gasteiger partial charge in [0.15, 0.2) is 5.16 Å². The van der Waals surface area contributed by atoms with Gasteiger partial charge in [-0.15, -0.1) is 10.2 Å². The maximum Gasteiger partial charge on any atom is 0.233 e. The Morgan fingerprint density at radius 2 is 1.83 bits per heavy atom. The van der Waals surface area contributed by atoms with Crippen LogP contribution in [-0.4, -0.2) is 44.4 Å². The molecule has 0 radical (unpaired) electrons. The van der Waals surface area contributed by atoms with E-state index in [4.69, 9.17) is 0 Å². The summed E-state index contributed by atoms with van der Waals surface area (Å²) in [5.41, 5.74) is 0. The van der Waals surface area contributed by atoms with Crippen LogP contribution < -0.4 is 0 Å². The average Bonchev–Trinajstić information content (AvgIpc) is 3.42. The summed E-state index contributed by atoms with van der Waals surface area (Å²) >= 11 is 1.58. The second-order valence-corrected chi connectivity index (χ2v) is 8.69. The van der Waals surface area contributed by atoms with Crippen LogP contribution in [0.25, 0.3) is 0 Å². The monoisotopic (exact) mass is 334 g/mol. The number of rotatable bonds is 5. The lowest BCUT2D eigenvalue weighted by atomic mass is 9.92. The number of piperidine rings is 1. The van der Waals surface area contributed by atoms with Gasteiger partial charge in [-0.25, -0.2) is 0 Å². The molecule has 3 aliphatic rings. The Morgan fingerprint density at radius 3 is 2.43 bits per heavy atom. The fourth-order valence-electron chi connectivity index (χ4n) is 3.77. The maximum absolute atomic E-state index is 12.6. The second-order valence-electron chi connectivity index (χ2n) is 7.75. The summed E-state index contributed by atoms with van der Waals surface area (Å²) in [5, 5.41) is 9.77. The zero-order chi connectivity index (χ0) is 16.0. The number of carbonyl (C=O) groups excluding carboxylic acids is 1. The molecule has 1 saturated heterocycles. The van der Waals surface area contributed by atoms with E-state index in [1.807, 2.05) is 4.90 Å². The van der Waals surface area contributed by atoms with Crippen LogP contribution in [0.5, 0.6) is 0 Å². The second kappa shape index (κ2) is 6.11. The van der Waals surface area contributed by atoms with Crippen molar-refractivity contribution in [1.29, 1.82) is 0 Å². The standard InChI is InChI=1S/C17H26N4OS/c1-11-7-12(2)9-20(8-11)15(22)10-23-17-19-18-16(13-3-4-13)21(17)14-5-6-14/h11-14H,3-10H2,1-2H3. The maximum atomic E-state index is 12.6. The minimum absolute atomic E-state index is 0.256. The Hall–Kier alpha value is -1.04. The topological polar surface area (TPSA) is 51.0 Å². The fraction of sp³-hybridized carbons (Fsp3) is 0.824. The van der Waals surface area contributed by atoms with Crippen LogP contribution in [0, 0.1) is 11.8 Å². The Labute approximate surface area is 142 Å². The van der Waals surface area contributed by atoms with E-state index >= 15 is 0 Å². The van der Waals surface area contributed by atoms with Crippen molar-refractivity contribution in [2.24, 2.45) is 11.8 Å². The molecule has 126 valence electrons. The highest BCUT2D eigenvalue weighted by molar-refractivity contribution is 7.99. The van der Waals surface area contributed by atoms with E-state index in [-0.39, 0.29) is 5.91 Å². The van der Waals surface area contributed by atoms with Gasteiger partial charge in [0, 0.05) is 25.0 Å². The zero-order valence-electron chi connectivity index (χ0n) is 14.1. The molecular weight excluding hydrogens is 308 g/mol. The van der Waals surface area contributed by atoms with Crippen molar-refractivity contribution in [1.82, 2.24) is 19.7 Å². The lowest BCUT2D eigenvalue weighted by Crippen LogP contribution is -2.43. The number of nitrogens with zero attached hydrogens (tertiary/aromatic N) is 4. The minimum Gasteiger partial charge on any atom is -0.341 e. The molecule has 1 amide bonds. The first-order chi connectivity index (χ1) is 11.1. The van der Waals surface area contributed by atoms with Gasteiger partial charge in [-0.3, -0.25) is 4.79 Å². The van der Waals surface area contributed by atoms with Gasteiger partial charge in [-0.1, -0.05) is 25.6 Å². The van der Waals surface area contributed by atoms with Crippen molar-refractivity contribution in [3.63, 3.8) is 0 Å². The molecule has 2 heterocycles. The molecular formula is C17H26N4OS. The quantitative estimate of drug-likeness (QED) is 0.777. The third-order valence-electron chi connectivity index (χ3n) is 5.09. The van der Waals surface area contributed by atoms with E-state index in [2.05, 4.69) is 28.6 Å². The molecule has 5 nitrogen and oxygen atoms in total. The summed E-state index contributed by atoms with van der Waals surface area (Å²) in [5.74, 6) is 3.77. The van der Waals surface area contributed by atoms with Gasteiger partial charge in [0.05, 0.1) is 5.75 Å². The van der Waals surface area contributed by atoms with Crippen LogP contribution in [0.2, 0.25) is 0 Å². The lowest BCUT2D eigenvalue weighted by Gasteiger charge is -2.35. The van der Waals surface area contributed by atoms with E-state index < -0.39 is 0 Å². The van der Waals surface area contributed by atoms with Crippen molar-refractivity contribution in [2.45, 2.75) is 63.1 Å². The van der Waals surface area contributed by atoms with E-state index in [0.717, 1.165) is 18.2 Å². The highest BCUT2D eigenvalue weighted by Gasteiger charge is 2.36. The SMILES string of the molecule is CC1CC(C)CN(C(=O)CSc2nnc(C3CC3)n2C2CC2)C1. The highest BCUT2D eigenvalue weighted by atomic mass is 32.2. The Balaban J connectivity index is 1.40. The molecule has 2 saturated carbocycles. The summed E-state index contributed by atoms with van der Waals surface area (Å²) in [7, 11) is 0. The van der Waals surface area contributed by atoms with Crippen molar-refractivity contribution < 1.29 is 4.79 Å². The van der Waals surface area contributed by atoms with Gasteiger partial charge in [0.2, 0.25) is 5.91 Å². The summed E-state index contributed by atoms with van der Waals surface area (Å²) in [4.78, 5) is 14.6. The van der Waals surface area contributed by atoms with E-state index in [1.165, 1.54) is 37.9 Å². The molecule has 0 aromatic carbocycles. The first-order valence-corrected chi connectivity index (χ1v) is 9.95. The molecule has 6 heteroatoms. The first-order valence-electron chi connectivity index (χ1n) is 8.97. The molecule has 2 unspecified atom stereocenters. The predicted molar refractivity (Wildman–Crippen MR) is 90.5 cm³/mol. The van der Waals surface area contributed by atoms with Crippen LogP contribution in [-0.2, 0) is 4.79 Å². The molecule has 1 aromatic rings. The lowest BCUT2D eigenvalue weighted by molar-refractivity contribution is -0.130. The van der Waals surface area contributed by atoms with E-state index in [9.17, 15) is 4.79 Å². The number of thioether (sulfide) groups is 1. The zero-order valence-corrected chi connectivity index (χ0v) is 14.9. The van der Waals surface area contributed by atoms with Crippen LogP contribution in [0.3, 0.4) is 0 Å². The van der Waals surface area contributed by atoms with Gasteiger partial charge in [0.1, 0.15) is 5.82 Å². The summed E-state index contributed by atoms with van der Waals surface area (Å²) in [6, 6.07) is 0.591. The van der Waals surface area contributed by atoms with Crippen LogP contribution in [0.1, 0.15) is 63.7 Å². The molecule has 0 spiro atoms. The third-order valence-corrected chi connectivity index (χ3v) is 6.02. The number of carbonyl (C=O) groups is 1. The molecule has 1 aliphatic heterocycles. The summed E-state index contributed by atoms with van der Waals surface area (Å²) in [6.45, 7) is 6.31. The summed E-state index contributed by atoms with van der Waals surface area (Å²) in [6.07, 6.45) is 6.20. The van der Waals surface area contributed by atoms with Crippen LogP contribution in [0.4, 0.5) is 0 Å². The Bertz CT molecular complexity index is 583. The van der Waals surface area contributed by atoms with Crippen LogP contribution in [0.15, 0.2) is 5.16 Å². The Kier molecular flexibility index (Phi) is 4.12. The van der Waals surface area contributed by atoms with Crippen molar-refractivity contribution in [3.8, 4) is 0 Å². The molecule has 0 N–H and O–H groups in total. The van der Waals surface area contributed by atoms with Gasteiger partial charge in [0.25, 0.3) is 0 Å². The Morgan fingerprint density at radius 1 is 1.13 bits per heavy atom. The van der Waals surface area contributed by atoms with E-state index in [0.29, 0.717) is 29.5 Å². The minimum atomic E-state index is 0.256. The number of aromatic nitrogens is 3. The van der Waals surface area contributed by atoms with Gasteiger partial charge in [-0.2, -0.15) is 0 Å². The molecule has 2 aliphatic carbocycles. The van der Waals surface area contributed by atoms with Crippen LogP contribution >= 0.6 is 11.8 Å². The third kappa shape index (κ3) is 3.42. The highest BCUT2D eigenvalue weighted by Crippen LogP contribution is 2.46. The number of hydrogen-bond acceptors (Lipinski definition) is 4. The smallest absolute Gasteiger partial charge is 0.233 e. The van der Waals surface area contributed by atoms with Gasteiger partial charge in [-0.05, 0) is 43.9 Å². The van der Waals surface area contributed by atoms with Gasteiger partial charge >= 0.3 is 0 Å². The number of hydrogen-bond donors (Lipinski definition) is 0. The summed E-state index contributed by atoms with van der Waals surface area (Å²) < 4.78 is 2.33. The predicted octanol–water partition coefficient (Wildman–Crippen LogP) is 3.09. The van der Waals surface area contributed by atoms with Crippen molar-refractivity contribution in [3.05, 3.63) is 5.82 Å². The molecule has 23 heavy (non-hydrogen) atoms. The molecule has 2 atom stereocenters. The van der Waals surface area contributed by atoms with Crippen molar-refractivity contribution >= 4 is 17.7 Å². The first kappa shape index (κ1) is 15.5. The molecule has 3 fully saturated rings.